The summed E-state index contributed by atoms with van der Waals surface area (Å²) in [5.41, 5.74) is 5.24. The molecule has 0 unspecified atom stereocenters. The molecule has 4 aromatic heterocycles. The summed E-state index contributed by atoms with van der Waals surface area (Å²) in [5, 5.41) is 8.52. The third-order valence-electron chi connectivity index (χ3n) is 8.60. The zero-order chi connectivity index (χ0) is 28.1. The highest BCUT2D eigenvalue weighted by molar-refractivity contribution is 7.26. The van der Waals surface area contributed by atoms with Crippen molar-refractivity contribution in [1.82, 2.24) is 14.5 Å². The number of hydrogen-bond acceptors (Lipinski definition) is 4. The Bertz CT molecular complexity index is 2750. The fourth-order valence-corrected chi connectivity index (χ4v) is 8.86. The van der Waals surface area contributed by atoms with E-state index in [0.29, 0.717) is 0 Å². The molecule has 0 aliphatic rings. The summed E-state index contributed by atoms with van der Waals surface area (Å²) in [6.45, 7) is 0. The first-order valence-electron chi connectivity index (χ1n) is 14.3. The second-order valence-corrected chi connectivity index (χ2v) is 13.1. The van der Waals surface area contributed by atoms with Gasteiger partial charge in [0, 0.05) is 46.6 Å². The molecule has 0 spiro atoms. The lowest BCUT2D eigenvalue weighted by atomic mass is 10.0. The predicted octanol–water partition coefficient (Wildman–Crippen LogP) is 11.1. The Kier molecular flexibility index (Phi) is 4.75. The minimum Gasteiger partial charge on any atom is -0.292 e. The Morgan fingerprint density at radius 1 is 0.488 bits per heavy atom. The maximum absolute atomic E-state index is 5.55. The fourth-order valence-electron chi connectivity index (χ4n) is 6.71. The van der Waals surface area contributed by atoms with Gasteiger partial charge in [0.25, 0.3) is 0 Å². The molecule has 0 saturated carbocycles. The Labute approximate surface area is 253 Å². The molecule has 0 N–H and O–H groups in total. The molecule has 43 heavy (non-hydrogen) atoms. The molecule has 0 aliphatic heterocycles. The molecule has 4 heterocycles. The van der Waals surface area contributed by atoms with Gasteiger partial charge in [-0.05, 0) is 47.2 Å². The van der Waals surface area contributed by atoms with Gasteiger partial charge in [0.2, 0.25) is 0 Å². The highest BCUT2D eigenvalue weighted by Crippen LogP contribution is 2.44. The summed E-state index contributed by atoms with van der Waals surface area (Å²) < 4.78 is 6.09. The maximum Gasteiger partial charge on any atom is 0.165 e. The van der Waals surface area contributed by atoms with Crippen molar-refractivity contribution < 1.29 is 0 Å². The molecule has 0 fully saturated rings. The van der Waals surface area contributed by atoms with Crippen molar-refractivity contribution in [2.75, 3.05) is 0 Å². The van der Waals surface area contributed by atoms with E-state index in [2.05, 4.69) is 132 Å². The second kappa shape index (κ2) is 8.71. The van der Waals surface area contributed by atoms with Crippen LogP contribution in [0.2, 0.25) is 0 Å². The van der Waals surface area contributed by atoms with Crippen LogP contribution in [0.4, 0.5) is 0 Å². The van der Waals surface area contributed by atoms with Crippen molar-refractivity contribution in [3.05, 3.63) is 127 Å². The zero-order valence-electron chi connectivity index (χ0n) is 22.8. The third-order valence-corrected chi connectivity index (χ3v) is 10.8. The van der Waals surface area contributed by atoms with Crippen molar-refractivity contribution in [2.45, 2.75) is 0 Å². The van der Waals surface area contributed by atoms with E-state index in [9.17, 15) is 0 Å². The molecule has 5 heteroatoms. The van der Waals surface area contributed by atoms with Crippen molar-refractivity contribution in [2.24, 2.45) is 0 Å². The topological polar surface area (TPSA) is 30.7 Å². The lowest BCUT2D eigenvalue weighted by Gasteiger charge is -2.14. The van der Waals surface area contributed by atoms with Gasteiger partial charge in [0.05, 0.1) is 11.0 Å². The first-order valence-corrected chi connectivity index (χ1v) is 16.0. The van der Waals surface area contributed by atoms with E-state index in [1.165, 1.54) is 46.4 Å². The van der Waals surface area contributed by atoms with Crippen LogP contribution in [0.15, 0.2) is 127 Å². The molecule has 0 saturated heterocycles. The Balaban J connectivity index is 1.42. The van der Waals surface area contributed by atoms with Crippen LogP contribution in [0.5, 0.6) is 0 Å². The van der Waals surface area contributed by atoms with Gasteiger partial charge in [0.1, 0.15) is 16.0 Å². The molecular weight excluding hydrogens is 563 g/mol. The number of thiophene rings is 2. The van der Waals surface area contributed by atoms with Gasteiger partial charge < -0.3 is 0 Å². The monoisotopic (exact) mass is 583 g/mol. The highest BCUT2D eigenvalue weighted by Gasteiger charge is 2.23. The SMILES string of the molecule is c1ccc2cc3c(cc2c1)c1ccccc1n3-c1nc2c(nc1-c1cccc3sc4ccccc4c13)sc1ccccc12. The van der Waals surface area contributed by atoms with E-state index in [4.69, 9.17) is 9.97 Å². The first kappa shape index (κ1) is 23.5. The molecule has 3 nitrogen and oxygen atoms in total. The minimum atomic E-state index is 0.861. The van der Waals surface area contributed by atoms with E-state index in [-0.39, 0.29) is 0 Å². The van der Waals surface area contributed by atoms with E-state index < -0.39 is 0 Å². The number of fused-ring (bicyclic) bond motifs is 10. The lowest BCUT2D eigenvalue weighted by Crippen LogP contribution is -2.03. The average Bonchev–Trinajstić information content (AvgIpc) is 3.72. The minimum absolute atomic E-state index is 0.861. The van der Waals surface area contributed by atoms with Crippen LogP contribution in [-0.2, 0) is 0 Å². The molecule has 0 radical (unpaired) electrons. The molecule has 200 valence electrons. The van der Waals surface area contributed by atoms with E-state index in [1.54, 1.807) is 11.3 Å². The second-order valence-electron chi connectivity index (χ2n) is 11.0. The van der Waals surface area contributed by atoms with Crippen molar-refractivity contribution in [3.63, 3.8) is 0 Å². The van der Waals surface area contributed by atoms with Gasteiger partial charge in [-0.1, -0.05) is 91.0 Å². The van der Waals surface area contributed by atoms with Crippen molar-refractivity contribution in [1.29, 1.82) is 0 Å². The maximum atomic E-state index is 5.55. The van der Waals surface area contributed by atoms with E-state index >= 15 is 0 Å². The third kappa shape index (κ3) is 3.29. The number of benzene rings is 6. The van der Waals surface area contributed by atoms with Gasteiger partial charge in [0.15, 0.2) is 5.82 Å². The largest absolute Gasteiger partial charge is 0.292 e. The fraction of sp³-hybridized carbons (Fsp3) is 0. The van der Waals surface area contributed by atoms with Crippen LogP contribution >= 0.6 is 22.7 Å². The Morgan fingerprint density at radius 2 is 1.16 bits per heavy atom. The molecule has 6 aromatic carbocycles. The Morgan fingerprint density at radius 3 is 2.02 bits per heavy atom. The predicted molar refractivity (Wildman–Crippen MR) is 185 cm³/mol. The number of aromatic nitrogens is 3. The number of rotatable bonds is 2. The molecule has 0 bridgehead atoms. The summed E-state index contributed by atoms with van der Waals surface area (Å²) in [7, 11) is 0. The molecule has 0 atom stereocenters. The normalized spacial score (nSPS) is 12.2. The van der Waals surface area contributed by atoms with Gasteiger partial charge in [-0.25, -0.2) is 9.97 Å². The van der Waals surface area contributed by atoms with Gasteiger partial charge >= 0.3 is 0 Å². The smallest absolute Gasteiger partial charge is 0.165 e. The molecule has 0 amide bonds. The standard InChI is InChI=1S/C38H21N3S2/c1-2-11-23-21-30-28(20-22(23)10-1)24-12-3-6-16-29(24)41(30)37-35(40-38-36(39-37)26-14-5-8-18-32(26)43-38)27-15-9-19-33-34(27)25-13-4-7-17-31(25)42-33/h1-21H. The quantitative estimate of drug-likeness (QED) is 0.203. The highest BCUT2D eigenvalue weighted by atomic mass is 32.1. The number of hydrogen-bond donors (Lipinski definition) is 0. The molecular formula is C38H21N3S2. The summed E-state index contributed by atoms with van der Waals surface area (Å²) >= 11 is 3.55. The zero-order valence-corrected chi connectivity index (χ0v) is 24.4. The van der Waals surface area contributed by atoms with Gasteiger partial charge in [-0.15, -0.1) is 22.7 Å². The number of para-hydroxylation sites is 1. The van der Waals surface area contributed by atoms with Crippen LogP contribution in [0, 0.1) is 0 Å². The van der Waals surface area contributed by atoms with E-state index in [0.717, 1.165) is 43.8 Å². The van der Waals surface area contributed by atoms with Crippen LogP contribution in [0.25, 0.3) is 90.3 Å². The molecule has 10 aromatic rings. The van der Waals surface area contributed by atoms with Crippen LogP contribution in [-0.4, -0.2) is 14.5 Å². The van der Waals surface area contributed by atoms with Crippen molar-refractivity contribution >= 4 is 95.9 Å². The summed E-state index contributed by atoms with van der Waals surface area (Å²) in [4.78, 5) is 12.0. The summed E-state index contributed by atoms with van der Waals surface area (Å²) in [6.07, 6.45) is 0. The van der Waals surface area contributed by atoms with E-state index in [1.807, 2.05) is 11.3 Å². The lowest BCUT2D eigenvalue weighted by molar-refractivity contribution is 1.09. The summed E-state index contributed by atoms with van der Waals surface area (Å²) in [5.74, 6) is 0.861. The summed E-state index contributed by atoms with van der Waals surface area (Å²) in [6, 6.07) is 45.7. The van der Waals surface area contributed by atoms with Gasteiger partial charge in [-0.2, -0.15) is 0 Å². The Hall–Kier alpha value is -5.10. The first-order chi connectivity index (χ1) is 21.3. The van der Waals surface area contributed by atoms with Crippen LogP contribution in [0.1, 0.15) is 0 Å². The number of nitrogens with zero attached hydrogens (tertiary/aromatic N) is 3. The van der Waals surface area contributed by atoms with Crippen molar-refractivity contribution in [3.8, 4) is 17.1 Å². The average molecular weight is 584 g/mol. The molecule has 0 aliphatic carbocycles. The molecule has 10 rings (SSSR count). The van der Waals surface area contributed by atoms with Crippen LogP contribution in [0.3, 0.4) is 0 Å². The van der Waals surface area contributed by atoms with Crippen LogP contribution < -0.4 is 0 Å². The van der Waals surface area contributed by atoms with Gasteiger partial charge in [-0.3, -0.25) is 4.57 Å².